The molecule has 0 radical (unpaired) electrons. The fourth-order valence-corrected chi connectivity index (χ4v) is 8.20. The number of aromatic nitrogens is 1. The fraction of sp³-hybridized carbons (Fsp3) is 0.367. The van der Waals surface area contributed by atoms with Gasteiger partial charge in [0.1, 0.15) is 37.4 Å². The number of nitrogens with zero attached hydrogens (tertiary/aromatic N) is 5. The Balaban J connectivity index is 0.968. The van der Waals surface area contributed by atoms with Crippen LogP contribution in [0.2, 0.25) is 0 Å². The van der Waals surface area contributed by atoms with Crippen LogP contribution in [0, 0.1) is 52.2 Å². The molecule has 4 amide bonds. The summed E-state index contributed by atoms with van der Waals surface area (Å²) in [6.07, 6.45) is -1.44. The highest BCUT2D eigenvalue weighted by molar-refractivity contribution is 7.81. The molecule has 354 valence electrons. The van der Waals surface area contributed by atoms with Gasteiger partial charge in [-0.1, -0.05) is 57.9 Å². The van der Waals surface area contributed by atoms with Crippen molar-refractivity contribution in [3.63, 3.8) is 0 Å². The van der Waals surface area contributed by atoms with Gasteiger partial charge in [-0.05, 0) is 97.5 Å². The average Bonchev–Trinajstić information content (AvgIpc) is 4.01. The Morgan fingerprint density at radius 1 is 1.01 bits per heavy atom. The molecule has 2 fully saturated rings. The van der Waals surface area contributed by atoms with Crippen molar-refractivity contribution >= 4 is 52.3 Å². The number of rotatable bonds is 13. The van der Waals surface area contributed by atoms with Crippen LogP contribution in [0.4, 0.5) is 28.9 Å². The Morgan fingerprint density at radius 3 is 2.34 bits per heavy atom. The summed E-state index contributed by atoms with van der Waals surface area (Å²) < 4.78 is 72.6. The first-order chi connectivity index (χ1) is 32.1. The van der Waals surface area contributed by atoms with Crippen LogP contribution >= 0.6 is 12.2 Å². The van der Waals surface area contributed by atoms with Gasteiger partial charge in [-0.25, -0.2) is 9.37 Å². The summed E-state index contributed by atoms with van der Waals surface area (Å²) in [4.78, 5) is 61.6. The monoisotopic (exact) mass is 953 g/mol. The van der Waals surface area contributed by atoms with Gasteiger partial charge in [0.25, 0.3) is 5.91 Å². The topological polar surface area (TPSA) is 170 Å². The lowest BCUT2D eigenvalue weighted by molar-refractivity contribution is -0.144. The number of ether oxygens (including phenoxy) is 2. The molecular weight excluding hydrogens is 907 g/mol. The maximum absolute atomic E-state index is 15.3. The molecule has 14 nitrogen and oxygen atoms in total. The molecule has 2 N–H and O–H groups in total. The average molecular weight is 954 g/mol. The Labute approximate surface area is 395 Å². The summed E-state index contributed by atoms with van der Waals surface area (Å²) in [5, 5.41) is 14.7. The van der Waals surface area contributed by atoms with Crippen LogP contribution in [0.15, 0.2) is 77.7 Å². The van der Waals surface area contributed by atoms with E-state index in [1.165, 1.54) is 54.3 Å². The molecule has 0 spiro atoms. The van der Waals surface area contributed by atoms with Crippen LogP contribution in [-0.4, -0.2) is 82.6 Å². The molecule has 2 aliphatic rings. The largest absolute Gasteiger partial charge is 0.478 e. The lowest BCUT2D eigenvalue weighted by Crippen LogP contribution is -2.58. The first kappa shape index (κ1) is 50.1. The van der Waals surface area contributed by atoms with Gasteiger partial charge in [-0.2, -0.15) is 18.4 Å². The number of carbonyl (C=O) groups is 4. The standard InChI is InChI=1S/C49H47F4N7O7S/c1-30-21-38(43(62)56-25-31-11-13-32(14-12-31)40-26-55-29-67-40)58(27-30)44(63)42(47(2,3)4)57-41(61)28-65-19-9-7-8-10-20-66-39-18-17-35(23-37(39)50)60-46(68)59(45(64)48(60,5)6)34-16-15-33(24-54)36(22-34)49(51,52)53/h11-18,22-23,26,29-30,38,42H,19-21,25,27-28H2,1-6H3,(H,56,62)(H,57,61)/t30-,38+,42-/m1/s1. The predicted molar refractivity (Wildman–Crippen MR) is 246 cm³/mol. The number of halogens is 4. The minimum Gasteiger partial charge on any atom is -0.478 e. The molecule has 3 heterocycles. The van der Waals surface area contributed by atoms with E-state index in [1.807, 2.05) is 52.0 Å². The number of amides is 4. The summed E-state index contributed by atoms with van der Waals surface area (Å²) in [5.41, 5.74) is -2.36. The van der Waals surface area contributed by atoms with E-state index in [-0.39, 0.29) is 59.7 Å². The van der Waals surface area contributed by atoms with E-state index < -0.39 is 64.6 Å². The molecule has 6 rings (SSSR count). The minimum atomic E-state index is -4.87. The lowest BCUT2D eigenvalue weighted by Gasteiger charge is -2.35. The molecule has 1 aromatic heterocycles. The van der Waals surface area contributed by atoms with Crippen molar-refractivity contribution < 1.29 is 50.6 Å². The summed E-state index contributed by atoms with van der Waals surface area (Å²) in [7, 11) is 0. The van der Waals surface area contributed by atoms with Gasteiger partial charge >= 0.3 is 6.18 Å². The van der Waals surface area contributed by atoms with Gasteiger partial charge in [0.2, 0.25) is 17.7 Å². The van der Waals surface area contributed by atoms with Crippen LogP contribution in [0.5, 0.6) is 5.75 Å². The highest BCUT2D eigenvalue weighted by Gasteiger charge is 2.51. The number of benzene rings is 3. The van der Waals surface area contributed by atoms with Gasteiger partial charge < -0.3 is 34.3 Å². The van der Waals surface area contributed by atoms with Crippen molar-refractivity contribution in [2.45, 2.75) is 78.3 Å². The molecular formula is C49H47F4N7O7S. The molecule has 4 aromatic rings. The zero-order chi connectivity index (χ0) is 49.6. The smallest absolute Gasteiger partial charge is 0.417 e. The van der Waals surface area contributed by atoms with Crippen LogP contribution in [0.1, 0.15) is 64.7 Å². The van der Waals surface area contributed by atoms with Crippen molar-refractivity contribution in [2.75, 3.05) is 36.2 Å². The Hall–Kier alpha value is -7.27. The molecule has 19 heteroatoms. The van der Waals surface area contributed by atoms with Gasteiger partial charge in [0.15, 0.2) is 28.8 Å². The molecule has 0 aliphatic carbocycles. The maximum Gasteiger partial charge on any atom is 0.417 e. The fourth-order valence-electron chi connectivity index (χ4n) is 7.68. The number of thiocarbonyl (C=S) groups is 1. The van der Waals surface area contributed by atoms with E-state index in [0.29, 0.717) is 24.8 Å². The quantitative estimate of drug-likeness (QED) is 0.0628. The highest BCUT2D eigenvalue weighted by Crippen LogP contribution is 2.40. The summed E-state index contributed by atoms with van der Waals surface area (Å²) in [5.74, 6) is 8.11. The molecule has 0 saturated carbocycles. The number of oxazole rings is 1. The third-order valence-electron chi connectivity index (χ3n) is 11.1. The molecule has 0 bridgehead atoms. The zero-order valence-electron chi connectivity index (χ0n) is 37.9. The Kier molecular flexibility index (Phi) is 15.3. The number of nitrogens with one attached hydrogen (secondary N) is 2. The Bertz CT molecular complexity index is 2740. The van der Waals surface area contributed by atoms with Crippen LogP contribution in [-0.2, 0) is 36.6 Å². The molecule has 3 atom stereocenters. The number of nitriles is 1. The van der Waals surface area contributed by atoms with Crippen molar-refractivity contribution in [1.29, 1.82) is 5.26 Å². The van der Waals surface area contributed by atoms with E-state index in [2.05, 4.69) is 39.3 Å². The van der Waals surface area contributed by atoms with Crippen molar-refractivity contribution in [2.24, 2.45) is 11.3 Å². The molecule has 68 heavy (non-hydrogen) atoms. The van der Waals surface area contributed by atoms with E-state index in [9.17, 15) is 37.6 Å². The number of hydrogen-bond acceptors (Lipinski definition) is 10. The second-order valence-electron chi connectivity index (χ2n) is 17.7. The molecule has 3 aromatic carbocycles. The lowest BCUT2D eigenvalue weighted by atomic mass is 9.85. The third kappa shape index (κ3) is 11.5. The minimum absolute atomic E-state index is 0.0572. The molecule has 0 unspecified atom stereocenters. The van der Waals surface area contributed by atoms with Crippen LogP contribution in [0.3, 0.4) is 0 Å². The number of hydrogen-bond donors (Lipinski definition) is 2. The van der Waals surface area contributed by atoms with E-state index >= 15 is 4.39 Å². The first-order valence-electron chi connectivity index (χ1n) is 21.2. The Morgan fingerprint density at radius 2 is 1.71 bits per heavy atom. The van der Waals surface area contributed by atoms with Gasteiger partial charge in [0.05, 0.1) is 29.1 Å². The van der Waals surface area contributed by atoms with Gasteiger partial charge in [0, 0.05) is 30.4 Å². The third-order valence-corrected chi connectivity index (χ3v) is 11.5. The van der Waals surface area contributed by atoms with Crippen molar-refractivity contribution in [3.05, 3.63) is 95.8 Å². The first-order valence-corrected chi connectivity index (χ1v) is 21.6. The van der Waals surface area contributed by atoms with Crippen molar-refractivity contribution in [1.82, 2.24) is 20.5 Å². The van der Waals surface area contributed by atoms with Crippen LogP contribution in [0.25, 0.3) is 11.3 Å². The highest BCUT2D eigenvalue weighted by atomic mass is 32.1. The second-order valence-corrected chi connectivity index (χ2v) is 18.0. The zero-order valence-corrected chi connectivity index (χ0v) is 38.7. The second kappa shape index (κ2) is 20.7. The number of anilines is 2. The van der Waals surface area contributed by atoms with E-state index in [0.717, 1.165) is 28.2 Å². The van der Waals surface area contributed by atoms with Gasteiger partial charge in [-0.3, -0.25) is 24.1 Å². The normalized spacial score (nSPS) is 17.1. The van der Waals surface area contributed by atoms with Gasteiger partial charge in [-0.15, -0.1) is 0 Å². The SMILES string of the molecule is C[C@@H]1C[C@@H](C(=O)NCc2ccc(-c3cnco3)cc2)N(C(=O)[C@@H](NC(=O)COCC#CC#CCOc2ccc(N3C(=S)N(c4ccc(C#N)c(C(F)(F)F)c4)C(=O)C3(C)C)cc2F)C(C)(C)C)C1. The number of alkyl halides is 3. The summed E-state index contributed by atoms with van der Waals surface area (Å²) >= 11 is 5.52. The maximum atomic E-state index is 15.3. The summed E-state index contributed by atoms with van der Waals surface area (Å²) in [6, 6.07) is 13.9. The van der Waals surface area contributed by atoms with Crippen LogP contribution < -0.4 is 25.2 Å². The van der Waals surface area contributed by atoms with E-state index in [4.69, 9.17) is 26.1 Å². The number of carbonyl (C=O) groups excluding carboxylic acids is 4. The molecule has 2 aliphatic heterocycles. The van der Waals surface area contributed by atoms with E-state index in [1.54, 1.807) is 6.20 Å². The summed E-state index contributed by atoms with van der Waals surface area (Å²) in [6.45, 7) is 10.1. The van der Waals surface area contributed by atoms with Crippen molar-refractivity contribution in [3.8, 4) is 46.8 Å². The molecule has 2 saturated heterocycles. The number of likely N-dealkylation sites (tertiary alicyclic amines) is 1. The predicted octanol–water partition coefficient (Wildman–Crippen LogP) is 6.77.